The minimum atomic E-state index is -4.74. The highest BCUT2D eigenvalue weighted by Gasteiger charge is 2.54. The molecule has 0 saturated carbocycles. The molecule has 1 unspecified atom stereocenters. The second-order valence-corrected chi connectivity index (χ2v) is 9.39. The zero-order valence-electron chi connectivity index (χ0n) is 17.6. The quantitative estimate of drug-likeness (QED) is 0.503. The number of amides is 1. The lowest BCUT2D eigenvalue weighted by atomic mass is 10.0. The molecule has 0 aliphatic heterocycles. The molecule has 0 aliphatic rings. The molecule has 0 heterocycles. The van der Waals surface area contributed by atoms with Gasteiger partial charge in [0.25, 0.3) is 0 Å². The molecule has 0 saturated heterocycles. The van der Waals surface area contributed by atoms with Gasteiger partial charge in [0.05, 0.1) is 13.2 Å². The molecule has 0 bridgehead atoms. The molecule has 0 spiro atoms. The van der Waals surface area contributed by atoms with Gasteiger partial charge in [-0.25, -0.2) is 9.59 Å². The zero-order valence-corrected chi connectivity index (χ0v) is 18.5. The van der Waals surface area contributed by atoms with Gasteiger partial charge in [0.2, 0.25) is 0 Å². The molecule has 1 amide bonds. The standard InChI is InChI=1S/C19H28F2NO7P/c1-6-27-30(26,28-7-2)19(20,21)14-10-8-13(9-11-14)12-15(16(23)24)22-17(25)29-18(3,4)5/h8-11,15H,6-7,12H2,1-5H3,(H,22,25)(H,23,24). The first-order valence-electron chi connectivity index (χ1n) is 9.34. The first-order valence-corrected chi connectivity index (χ1v) is 10.9. The fourth-order valence-electron chi connectivity index (χ4n) is 2.42. The van der Waals surface area contributed by atoms with E-state index >= 15 is 0 Å². The summed E-state index contributed by atoms with van der Waals surface area (Å²) in [4.78, 5) is 23.3. The Hall–Kier alpha value is -2.03. The number of rotatable bonds is 10. The minimum absolute atomic E-state index is 0.172. The number of carboxylic acid groups (broad SMARTS) is 1. The van der Waals surface area contributed by atoms with E-state index in [9.17, 15) is 28.0 Å². The first kappa shape index (κ1) is 26.0. The number of ether oxygens (including phenoxy) is 1. The summed E-state index contributed by atoms with van der Waals surface area (Å²) in [6, 6.07) is 3.24. The van der Waals surface area contributed by atoms with Gasteiger partial charge in [-0.15, -0.1) is 0 Å². The van der Waals surface area contributed by atoms with Gasteiger partial charge >= 0.3 is 25.3 Å². The number of hydrogen-bond donors (Lipinski definition) is 2. The van der Waals surface area contributed by atoms with E-state index in [2.05, 4.69) is 5.32 Å². The van der Waals surface area contributed by atoms with Crippen molar-refractivity contribution in [1.29, 1.82) is 0 Å². The number of hydrogen-bond acceptors (Lipinski definition) is 6. The Morgan fingerprint density at radius 2 is 1.60 bits per heavy atom. The van der Waals surface area contributed by atoms with Gasteiger partial charge in [0.15, 0.2) is 0 Å². The van der Waals surface area contributed by atoms with Crippen LogP contribution < -0.4 is 5.32 Å². The van der Waals surface area contributed by atoms with Crippen LogP contribution in [-0.4, -0.2) is 42.0 Å². The number of nitrogens with one attached hydrogen (secondary N) is 1. The molecule has 11 heteroatoms. The van der Waals surface area contributed by atoms with E-state index in [1.165, 1.54) is 26.0 Å². The summed E-state index contributed by atoms with van der Waals surface area (Å²) in [7, 11) is -4.74. The Labute approximate surface area is 174 Å². The zero-order chi connectivity index (χ0) is 23.2. The third-order valence-electron chi connectivity index (χ3n) is 3.67. The molecule has 2 N–H and O–H groups in total. The number of halogens is 2. The number of alkyl carbamates (subject to hydrolysis) is 1. The van der Waals surface area contributed by atoms with E-state index in [1.807, 2.05) is 0 Å². The Bertz CT molecular complexity index is 768. The van der Waals surface area contributed by atoms with E-state index < -0.39 is 42.5 Å². The van der Waals surface area contributed by atoms with Crippen molar-refractivity contribution in [3.63, 3.8) is 0 Å². The molecule has 1 aromatic carbocycles. The van der Waals surface area contributed by atoms with Gasteiger partial charge in [-0.05, 0) is 40.2 Å². The van der Waals surface area contributed by atoms with Gasteiger partial charge in [-0.2, -0.15) is 8.78 Å². The van der Waals surface area contributed by atoms with Crippen molar-refractivity contribution in [1.82, 2.24) is 5.32 Å². The molecule has 0 aromatic heterocycles. The Kier molecular flexibility index (Phi) is 8.95. The molecule has 0 radical (unpaired) electrons. The van der Waals surface area contributed by atoms with Crippen LogP contribution in [0.1, 0.15) is 45.7 Å². The van der Waals surface area contributed by atoms with Crippen LogP contribution in [0.2, 0.25) is 0 Å². The average molecular weight is 451 g/mol. The van der Waals surface area contributed by atoms with Crippen molar-refractivity contribution in [2.45, 2.75) is 58.3 Å². The van der Waals surface area contributed by atoms with Crippen LogP contribution in [0, 0.1) is 0 Å². The van der Waals surface area contributed by atoms with E-state index in [0.717, 1.165) is 12.1 Å². The van der Waals surface area contributed by atoms with Crippen molar-refractivity contribution < 1.29 is 41.8 Å². The second kappa shape index (κ2) is 10.3. The number of carbonyl (C=O) groups is 2. The predicted octanol–water partition coefficient (Wildman–Crippen LogP) is 4.52. The van der Waals surface area contributed by atoms with Crippen molar-refractivity contribution in [3.8, 4) is 0 Å². The molecule has 170 valence electrons. The number of alkyl halides is 2. The predicted molar refractivity (Wildman–Crippen MR) is 106 cm³/mol. The topological polar surface area (TPSA) is 111 Å². The van der Waals surface area contributed by atoms with Crippen LogP contribution in [0.4, 0.5) is 13.6 Å². The summed E-state index contributed by atoms with van der Waals surface area (Å²) >= 11 is 0. The van der Waals surface area contributed by atoms with E-state index in [1.54, 1.807) is 20.8 Å². The summed E-state index contributed by atoms with van der Waals surface area (Å²) in [6.45, 7) is 7.30. The van der Waals surface area contributed by atoms with Crippen molar-refractivity contribution in [2.24, 2.45) is 0 Å². The minimum Gasteiger partial charge on any atom is -0.480 e. The molecular formula is C19H28F2NO7P. The molecule has 1 atom stereocenters. The molecule has 1 aromatic rings. The fraction of sp³-hybridized carbons (Fsp3) is 0.579. The lowest BCUT2D eigenvalue weighted by Crippen LogP contribution is -2.44. The maximum atomic E-state index is 14.7. The SMILES string of the molecule is CCOP(=O)(OCC)C(F)(F)c1ccc(CC(NC(=O)OC(C)(C)C)C(=O)O)cc1. The normalized spacial score (nSPS) is 13.6. The summed E-state index contributed by atoms with van der Waals surface area (Å²) in [5.41, 5.74) is -4.93. The highest BCUT2D eigenvalue weighted by atomic mass is 31.2. The Morgan fingerprint density at radius 1 is 1.10 bits per heavy atom. The molecular weight excluding hydrogens is 423 g/mol. The maximum Gasteiger partial charge on any atom is 0.408 e. The Morgan fingerprint density at radius 3 is 2.00 bits per heavy atom. The van der Waals surface area contributed by atoms with Crippen molar-refractivity contribution in [2.75, 3.05) is 13.2 Å². The van der Waals surface area contributed by atoms with Crippen LogP contribution in [0.3, 0.4) is 0 Å². The average Bonchev–Trinajstić information content (AvgIpc) is 2.60. The number of aliphatic carboxylic acids is 1. The van der Waals surface area contributed by atoms with E-state index in [4.69, 9.17) is 13.8 Å². The third-order valence-corrected chi connectivity index (χ3v) is 5.81. The van der Waals surface area contributed by atoms with Crippen LogP contribution in [0.25, 0.3) is 0 Å². The fourth-order valence-corrected chi connectivity index (χ4v) is 3.97. The largest absolute Gasteiger partial charge is 0.480 e. The van der Waals surface area contributed by atoms with Crippen LogP contribution in [0.15, 0.2) is 24.3 Å². The third kappa shape index (κ3) is 7.04. The summed E-state index contributed by atoms with van der Waals surface area (Å²) in [6.07, 6.45) is -1.08. The number of carboxylic acids is 1. The van der Waals surface area contributed by atoms with E-state index in [-0.39, 0.29) is 19.6 Å². The van der Waals surface area contributed by atoms with Crippen molar-refractivity contribution >= 4 is 19.7 Å². The molecule has 8 nitrogen and oxygen atoms in total. The van der Waals surface area contributed by atoms with Crippen LogP contribution in [-0.2, 0) is 35.2 Å². The summed E-state index contributed by atoms with van der Waals surface area (Å²) < 4.78 is 56.5. The van der Waals surface area contributed by atoms with E-state index in [0.29, 0.717) is 5.56 Å². The molecule has 0 fully saturated rings. The van der Waals surface area contributed by atoms with Crippen molar-refractivity contribution in [3.05, 3.63) is 35.4 Å². The lowest BCUT2D eigenvalue weighted by molar-refractivity contribution is -0.139. The first-order chi connectivity index (χ1) is 13.8. The lowest BCUT2D eigenvalue weighted by Gasteiger charge is -2.26. The smallest absolute Gasteiger partial charge is 0.408 e. The summed E-state index contributed by atoms with van der Waals surface area (Å²) in [5, 5.41) is 11.6. The number of benzene rings is 1. The molecule has 0 aliphatic carbocycles. The maximum absolute atomic E-state index is 14.7. The van der Waals surface area contributed by atoms with Crippen LogP contribution in [0.5, 0.6) is 0 Å². The second-order valence-electron chi connectivity index (χ2n) is 7.31. The monoisotopic (exact) mass is 451 g/mol. The Balaban J connectivity index is 3.00. The van der Waals surface area contributed by atoms with Gasteiger partial charge in [0.1, 0.15) is 11.6 Å². The summed E-state index contributed by atoms with van der Waals surface area (Å²) in [5.74, 6) is -1.31. The highest BCUT2D eigenvalue weighted by molar-refractivity contribution is 7.54. The highest BCUT2D eigenvalue weighted by Crippen LogP contribution is 2.66. The van der Waals surface area contributed by atoms with Gasteiger partial charge in [0, 0.05) is 12.0 Å². The van der Waals surface area contributed by atoms with Gasteiger partial charge in [-0.1, -0.05) is 24.3 Å². The van der Waals surface area contributed by atoms with Crippen LogP contribution >= 0.6 is 7.60 Å². The molecule has 1 rings (SSSR count). The number of carbonyl (C=O) groups excluding carboxylic acids is 1. The molecule has 30 heavy (non-hydrogen) atoms. The van der Waals surface area contributed by atoms with Gasteiger partial charge < -0.3 is 24.2 Å². The van der Waals surface area contributed by atoms with Gasteiger partial charge in [-0.3, -0.25) is 4.57 Å².